The number of nitrogens with zero attached hydrogens (tertiary/aromatic N) is 2. The number of carbonyl (C=O) groups excluding carboxylic acids is 1. The number of alkyl halides is 3. The van der Waals surface area contributed by atoms with E-state index in [4.69, 9.17) is 0 Å². The van der Waals surface area contributed by atoms with Crippen molar-refractivity contribution < 1.29 is 26.4 Å². The largest absolute Gasteiger partial charge is 0.417 e. The molecule has 0 unspecified atom stereocenters. The van der Waals surface area contributed by atoms with Crippen molar-refractivity contribution in [2.24, 2.45) is 0 Å². The maximum atomic E-state index is 13.2. The molecule has 3 rings (SSSR count). The molecular formula is C15H17F3N2O3S. The molecule has 0 N–H and O–H groups in total. The first-order valence-corrected chi connectivity index (χ1v) is 9.06. The van der Waals surface area contributed by atoms with Crippen molar-refractivity contribution in [3.05, 3.63) is 29.8 Å². The molecule has 1 aromatic carbocycles. The molecule has 0 aromatic heterocycles. The molecule has 0 saturated carbocycles. The summed E-state index contributed by atoms with van der Waals surface area (Å²) >= 11 is 0. The number of carbonyl (C=O) groups is 1. The first kappa shape index (κ1) is 17.2. The van der Waals surface area contributed by atoms with Crippen LogP contribution in [-0.2, 0) is 21.0 Å². The summed E-state index contributed by atoms with van der Waals surface area (Å²) in [6, 6.07) is 2.81. The molecule has 24 heavy (non-hydrogen) atoms. The van der Waals surface area contributed by atoms with E-state index < -0.39 is 32.7 Å². The van der Waals surface area contributed by atoms with Crippen molar-refractivity contribution in [3.8, 4) is 0 Å². The van der Waals surface area contributed by atoms with Crippen LogP contribution in [0, 0.1) is 0 Å². The Morgan fingerprint density at radius 1 is 1.21 bits per heavy atom. The molecule has 0 bridgehead atoms. The second-order valence-corrected chi connectivity index (χ2v) is 7.93. The molecule has 2 aliphatic heterocycles. The normalized spacial score (nSPS) is 25.8. The molecule has 9 heteroatoms. The summed E-state index contributed by atoms with van der Waals surface area (Å²) in [6.07, 6.45) is -3.35. The van der Waals surface area contributed by atoms with Crippen LogP contribution < -0.4 is 0 Å². The summed E-state index contributed by atoms with van der Waals surface area (Å²) in [5.41, 5.74) is -1.21. The van der Waals surface area contributed by atoms with Gasteiger partial charge in [0.25, 0.3) is 0 Å². The lowest BCUT2D eigenvalue weighted by atomic mass is 10.1. The van der Waals surface area contributed by atoms with Gasteiger partial charge < -0.3 is 4.90 Å². The average Bonchev–Trinajstić information content (AvgIpc) is 2.98. The van der Waals surface area contributed by atoms with E-state index in [0.717, 1.165) is 28.9 Å². The number of sulfonamides is 1. The SMILES string of the molecule is C[C@@H]1C(=O)N2CCC[C@@H]2CN1S(=O)(=O)c1ccccc1C(F)(F)F. The molecule has 2 saturated heterocycles. The first-order chi connectivity index (χ1) is 11.1. The van der Waals surface area contributed by atoms with Crippen molar-refractivity contribution in [2.75, 3.05) is 13.1 Å². The summed E-state index contributed by atoms with van der Waals surface area (Å²) in [7, 11) is -4.43. The zero-order chi connectivity index (χ0) is 17.7. The number of piperazine rings is 1. The zero-order valence-electron chi connectivity index (χ0n) is 13.0. The van der Waals surface area contributed by atoms with Crippen LogP contribution in [0.2, 0.25) is 0 Å². The highest BCUT2D eigenvalue weighted by atomic mass is 32.2. The zero-order valence-corrected chi connectivity index (χ0v) is 13.8. The minimum Gasteiger partial charge on any atom is -0.337 e. The highest BCUT2D eigenvalue weighted by molar-refractivity contribution is 7.89. The van der Waals surface area contributed by atoms with E-state index >= 15 is 0 Å². The van der Waals surface area contributed by atoms with Crippen molar-refractivity contribution in [2.45, 2.75) is 42.9 Å². The maximum Gasteiger partial charge on any atom is 0.417 e. The van der Waals surface area contributed by atoms with Crippen molar-refractivity contribution >= 4 is 15.9 Å². The number of hydrogen-bond donors (Lipinski definition) is 0. The molecule has 132 valence electrons. The van der Waals surface area contributed by atoms with Crippen LogP contribution in [0.1, 0.15) is 25.3 Å². The van der Waals surface area contributed by atoms with Crippen LogP contribution in [0.5, 0.6) is 0 Å². The molecule has 5 nitrogen and oxygen atoms in total. The Kier molecular flexibility index (Phi) is 4.11. The molecular weight excluding hydrogens is 345 g/mol. The number of benzene rings is 1. The smallest absolute Gasteiger partial charge is 0.337 e. The van der Waals surface area contributed by atoms with E-state index in [1.165, 1.54) is 13.0 Å². The third kappa shape index (κ3) is 2.69. The quantitative estimate of drug-likeness (QED) is 0.810. The van der Waals surface area contributed by atoms with Crippen LogP contribution in [0.4, 0.5) is 13.2 Å². The Morgan fingerprint density at radius 2 is 1.88 bits per heavy atom. The molecule has 1 aromatic rings. The molecule has 2 fully saturated rings. The van der Waals surface area contributed by atoms with Crippen LogP contribution >= 0.6 is 0 Å². The van der Waals surface area contributed by atoms with Gasteiger partial charge in [-0.3, -0.25) is 4.79 Å². The second kappa shape index (κ2) is 5.73. The lowest BCUT2D eigenvalue weighted by Crippen LogP contribution is -2.60. The molecule has 0 aliphatic carbocycles. The Labute approximate surface area is 138 Å². The van der Waals surface area contributed by atoms with Gasteiger partial charge in [-0.2, -0.15) is 17.5 Å². The van der Waals surface area contributed by atoms with Gasteiger partial charge in [-0.25, -0.2) is 8.42 Å². The van der Waals surface area contributed by atoms with E-state index in [-0.39, 0.29) is 18.5 Å². The second-order valence-electron chi connectivity index (χ2n) is 6.07. The van der Waals surface area contributed by atoms with Gasteiger partial charge in [0.05, 0.1) is 10.5 Å². The molecule has 2 heterocycles. The number of fused-ring (bicyclic) bond motifs is 1. The number of hydrogen-bond acceptors (Lipinski definition) is 3. The van der Waals surface area contributed by atoms with Gasteiger partial charge in [-0.15, -0.1) is 0 Å². The van der Waals surface area contributed by atoms with E-state index in [1.807, 2.05) is 0 Å². The fraction of sp³-hybridized carbons (Fsp3) is 0.533. The molecule has 1 amide bonds. The van der Waals surface area contributed by atoms with Gasteiger partial charge in [0.15, 0.2) is 0 Å². The van der Waals surface area contributed by atoms with Crippen molar-refractivity contribution in [1.82, 2.24) is 9.21 Å². The topological polar surface area (TPSA) is 57.7 Å². The Balaban J connectivity index is 2.04. The van der Waals surface area contributed by atoms with Crippen LogP contribution in [-0.4, -0.2) is 48.7 Å². The Morgan fingerprint density at radius 3 is 2.54 bits per heavy atom. The standard InChI is InChI=1S/C15H17F3N2O3S/c1-10-14(21)19-8-4-5-11(19)9-20(10)24(22,23)13-7-3-2-6-12(13)15(16,17)18/h2-3,6-7,10-11H,4-5,8-9H2,1H3/t10-,11-/m1/s1. The molecule has 0 spiro atoms. The van der Waals surface area contributed by atoms with Gasteiger partial charge in [0, 0.05) is 19.1 Å². The van der Waals surface area contributed by atoms with Gasteiger partial charge in [0.1, 0.15) is 6.04 Å². The summed E-state index contributed by atoms with van der Waals surface area (Å²) in [5, 5.41) is 0. The van der Waals surface area contributed by atoms with Crippen LogP contribution in [0.25, 0.3) is 0 Å². The summed E-state index contributed by atoms with van der Waals surface area (Å²) in [6.45, 7) is 2.02. The fourth-order valence-electron chi connectivity index (χ4n) is 3.40. The lowest BCUT2D eigenvalue weighted by Gasteiger charge is -2.40. The van der Waals surface area contributed by atoms with E-state index in [2.05, 4.69) is 0 Å². The average molecular weight is 362 g/mol. The number of halogens is 3. The minimum absolute atomic E-state index is 0.0292. The first-order valence-electron chi connectivity index (χ1n) is 7.62. The third-order valence-electron chi connectivity index (χ3n) is 4.62. The van der Waals surface area contributed by atoms with Gasteiger partial charge >= 0.3 is 6.18 Å². The fourth-order valence-corrected chi connectivity index (χ4v) is 5.24. The predicted molar refractivity (Wildman–Crippen MR) is 79.5 cm³/mol. The van der Waals surface area contributed by atoms with E-state index in [0.29, 0.717) is 13.0 Å². The van der Waals surface area contributed by atoms with Gasteiger partial charge in [0.2, 0.25) is 15.9 Å². The van der Waals surface area contributed by atoms with Crippen molar-refractivity contribution in [1.29, 1.82) is 0 Å². The predicted octanol–water partition coefficient (Wildman–Crippen LogP) is 2.09. The van der Waals surface area contributed by atoms with Crippen molar-refractivity contribution in [3.63, 3.8) is 0 Å². The highest BCUT2D eigenvalue weighted by Gasteiger charge is 2.47. The van der Waals surface area contributed by atoms with Gasteiger partial charge in [-0.05, 0) is 31.9 Å². The van der Waals surface area contributed by atoms with Crippen LogP contribution in [0.15, 0.2) is 29.2 Å². The summed E-state index contributed by atoms with van der Waals surface area (Å²) in [5.74, 6) is -0.350. The Bertz CT molecular complexity index is 763. The van der Waals surface area contributed by atoms with E-state index in [9.17, 15) is 26.4 Å². The minimum atomic E-state index is -4.79. The molecule has 2 atom stereocenters. The Hall–Kier alpha value is -1.61. The summed E-state index contributed by atoms with van der Waals surface area (Å²) < 4.78 is 66.1. The van der Waals surface area contributed by atoms with Crippen LogP contribution in [0.3, 0.4) is 0 Å². The lowest BCUT2D eigenvalue weighted by molar-refractivity contribution is -0.140. The van der Waals surface area contributed by atoms with E-state index in [1.54, 1.807) is 4.90 Å². The number of amides is 1. The monoisotopic (exact) mass is 362 g/mol. The molecule has 2 aliphatic rings. The maximum absolute atomic E-state index is 13.2. The molecule has 0 radical (unpaired) electrons. The van der Waals surface area contributed by atoms with Gasteiger partial charge in [-0.1, -0.05) is 12.1 Å². The summed E-state index contributed by atoms with van der Waals surface area (Å²) in [4.78, 5) is 13.2. The highest BCUT2D eigenvalue weighted by Crippen LogP contribution is 2.37. The third-order valence-corrected chi connectivity index (χ3v) is 6.61. The number of rotatable bonds is 2.